The highest BCUT2D eigenvalue weighted by molar-refractivity contribution is 8.13. The van der Waals surface area contributed by atoms with Gasteiger partial charge in [0.1, 0.15) is 0 Å². The second kappa shape index (κ2) is 5.13. The van der Waals surface area contributed by atoms with E-state index in [1.54, 1.807) is 0 Å². The van der Waals surface area contributed by atoms with Crippen LogP contribution >= 0.6 is 11.8 Å². The molecule has 0 amide bonds. The standard InChI is InChI=1S/C9H15N3S/c1-7(8-3-4-8)5-11-9(13-2)12-6-10/h7-8H,3-5H2,1-2H3,(H,11,12). The largest absolute Gasteiger partial charge is 0.272 e. The molecular weight excluding hydrogens is 182 g/mol. The fourth-order valence-corrected chi connectivity index (χ4v) is 1.60. The third-order valence-corrected chi connectivity index (χ3v) is 2.92. The van der Waals surface area contributed by atoms with Gasteiger partial charge in [-0.1, -0.05) is 18.7 Å². The van der Waals surface area contributed by atoms with E-state index in [4.69, 9.17) is 5.26 Å². The zero-order valence-corrected chi connectivity index (χ0v) is 8.90. The van der Waals surface area contributed by atoms with E-state index in [2.05, 4.69) is 17.2 Å². The van der Waals surface area contributed by atoms with Crippen molar-refractivity contribution in [2.45, 2.75) is 19.8 Å². The first kappa shape index (κ1) is 10.4. The third kappa shape index (κ3) is 3.69. The Balaban J connectivity index is 2.30. The summed E-state index contributed by atoms with van der Waals surface area (Å²) in [6, 6.07) is 0. The van der Waals surface area contributed by atoms with Gasteiger partial charge in [0.2, 0.25) is 0 Å². The first-order valence-electron chi connectivity index (χ1n) is 4.51. The number of thioether (sulfide) groups is 1. The molecule has 1 saturated carbocycles. The summed E-state index contributed by atoms with van der Waals surface area (Å²) in [4.78, 5) is 4.34. The van der Waals surface area contributed by atoms with Gasteiger partial charge in [-0.25, -0.2) is 0 Å². The van der Waals surface area contributed by atoms with Crippen molar-refractivity contribution in [3.8, 4) is 6.19 Å². The maximum absolute atomic E-state index is 8.40. The second-order valence-electron chi connectivity index (χ2n) is 3.40. The Morgan fingerprint density at radius 2 is 2.46 bits per heavy atom. The predicted molar refractivity (Wildman–Crippen MR) is 56.5 cm³/mol. The van der Waals surface area contributed by atoms with Gasteiger partial charge in [-0.3, -0.25) is 10.3 Å². The second-order valence-corrected chi connectivity index (χ2v) is 4.20. The van der Waals surface area contributed by atoms with Crippen molar-refractivity contribution in [3.05, 3.63) is 0 Å². The molecule has 1 unspecified atom stereocenters. The van der Waals surface area contributed by atoms with E-state index in [-0.39, 0.29) is 0 Å². The summed E-state index contributed by atoms with van der Waals surface area (Å²) in [5.41, 5.74) is 0. The van der Waals surface area contributed by atoms with Gasteiger partial charge in [-0.05, 0) is 30.9 Å². The molecule has 1 N–H and O–H groups in total. The van der Waals surface area contributed by atoms with E-state index in [0.29, 0.717) is 5.92 Å². The minimum Gasteiger partial charge on any atom is -0.272 e. The van der Waals surface area contributed by atoms with E-state index >= 15 is 0 Å². The van der Waals surface area contributed by atoms with E-state index in [0.717, 1.165) is 17.6 Å². The lowest BCUT2D eigenvalue weighted by Crippen LogP contribution is -2.15. The molecule has 72 valence electrons. The van der Waals surface area contributed by atoms with Crippen LogP contribution in [-0.4, -0.2) is 18.0 Å². The monoisotopic (exact) mass is 197 g/mol. The molecule has 1 rings (SSSR count). The molecule has 1 atom stereocenters. The van der Waals surface area contributed by atoms with Gasteiger partial charge in [-0.2, -0.15) is 5.26 Å². The minimum atomic E-state index is 0.669. The molecule has 0 aromatic carbocycles. The third-order valence-electron chi connectivity index (χ3n) is 2.31. The Labute approximate surface area is 83.6 Å². The van der Waals surface area contributed by atoms with E-state index in [1.165, 1.54) is 24.6 Å². The van der Waals surface area contributed by atoms with Crippen LogP contribution in [0.5, 0.6) is 0 Å². The number of nitrogens with zero attached hydrogens (tertiary/aromatic N) is 2. The van der Waals surface area contributed by atoms with Crippen LogP contribution in [0.2, 0.25) is 0 Å². The highest BCUT2D eigenvalue weighted by atomic mass is 32.2. The van der Waals surface area contributed by atoms with E-state index in [9.17, 15) is 0 Å². The number of nitrogens with one attached hydrogen (secondary N) is 1. The van der Waals surface area contributed by atoms with Crippen molar-refractivity contribution in [2.24, 2.45) is 16.8 Å². The number of hydrogen-bond donors (Lipinski definition) is 1. The molecule has 1 fully saturated rings. The van der Waals surface area contributed by atoms with Crippen molar-refractivity contribution < 1.29 is 0 Å². The average Bonchev–Trinajstić information content (AvgIpc) is 2.94. The van der Waals surface area contributed by atoms with Crippen molar-refractivity contribution in [2.75, 3.05) is 12.8 Å². The fraction of sp³-hybridized carbons (Fsp3) is 0.778. The summed E-state index contributed by atoms with van der Waals surface area (Å²) in [7, 11) is 0. The normalized spacial score (nSPS) is 19.3. The lowest BCUT2D eigenvalue weighted by Gasteiger charge is -2.06. The van der Waals surface area contributed by atoms with Crippen LogP contribution < -0.4 is 5.32 Å². The van der Waals surface area contributed by atoms with Gasteiger partial charge < -0.3 is 0 Å². The highest BCUT2D eigenvalue weighted by Gasteiger charge is 2.27. The first-order valence-corrected chi connectivity index (χ1v) is 5.74. The van der Waals surface area contributed by atoms with Crippen LogP contribution in [0.4, 0.5) is 0 Å². The van der Waals surface area contributed by atoms with Crippen LogP contribution in [-0.2, 0) is 0 Å². The van der Waals surface area contributed by atoms with Crippen LogP contribution in [0, 0.1) is 23.3 Å². The maximum Gasteiger partial charge on any atom is 0.183 e. The average molecular weight is 197 g/mol. The van der Waals surface area contributed by atoms with E-state index in [1.807, 2.05) is 12.4 Å². The number of hydrogen-bond acceptors (Lipinski definition) is 3. The summed E-state index contributed by atoms with van der Waals surface area (Å²) >= 11 is 1.48. The summed E-state index contributed by atoms with van der Waals surface area (Å²) in [6.07, 6.45) is 6.52. The molecule has 0 bridgehead atoms. The Bertz CT molecular complexity index is 228. The molecule has 0 saturated heterocycles. The maximum atomic E-state index is 8.40. The zero-order valence-electron chi connectivity index (χ0n) is 8.08. The topological polar surface area (TPSA) is 48.2 Å². The molecule has 0 radical (unpaired) electrons. The summed E-state index contributed by atoms with van der Waals surface area (Å²) in [5, 5.41) is 11.7. The Kier molecular flexibility index (Phi) is 4.10. The molecular formula is C9H15N3S. The van der Waals surface area contributed by atoms with Crippen molar-refractivity contribution in [1.82, 2.24) is 5.32 Å². The first-order chi connectivity index (χ1) is 6.27. The molecule has 1 aliphatic carbocycles. The van der Waals surface area contributed by atoms with Crippen LogP contribution in [0.1, 0.15) is 19.8 Å². The quantitative estimate of drug-likeness (QED) is 0.325. The Hall–Kier alpha value is -0.690. The van der Waals surface area contributed by atoms with Crippen molar-refractivity contribution >= 4 is 16.9 Å². The molecule has 0 aromatic heterocycles. The summed E-state index contributed by atoms with van der Waals surface area (Å²) in [5.74, 6) is 1.55. The summed E-state index contributed by atoms with van der Waals surface area (Å²) in [6.45, 7) is 3.07. The molecule has 0 aromatic rings. The smallest absolute Gasteiger partial charge is 0.183 e. The number of rotatable bonds is 3. The van der Waals surface area contributed by atoms with Crippen LogP contribution in [0.3, 0.4) is 0 Å². The lowest BCUT2D eigenvalue weighted by molar-refractivity contribution is 0.523. The number of nitriles is 1. The summed E-state index contributed by atoms with van der Waals surface area (Å²) < 4.78 is 0. The molecule has 1 aliphatic rings. The van der Waals surface area contributed by atoms with Gasteiger partial charge in [0.15, 0.2) is 11.4 Å². The van der Waals surface area contributed by atoms with Crippen LogP contribution in [0.15, 0.2) is 4.99 Å². The molecule has 0 spiro atoms. The molecule has 0 heterocycles. The van der Waals surface area contributed by atoms with Crippen molar-refractivity contribution in [3.63, 3.8) is 0 Å². The SMILES string of the molecule is CSC(=NCC(C)C1CC1)NC#N. The Morgan fingerprint density at radius 1 is 1.77 bits per heavy atom. The molecule has 0 aliphatic heterocycles. The van der Waals surface area contributed by atoms with Crippen LogP contribution in [0.25, 0.3) is 0 Å². The molecule has 3 nitrogen and oxygen atoms in total. The fourth-order valence-electron chi connectivity index (χ4n) is 1.24. The number of aliphatic imine (C=N–C) groups is 1. The lowest BCUT2D eigenvalue weighted by atomic mass is 10.1. The van der Waals surface area contributed by atoms with Gasteiger partial charge in [-0.15, -0.1) is 0 Å². The predicted octanol–water partition coefficient (Wildman–Crippen LogP) is 1.82. The Morgan fingerprint density at radius 3 is 2.92 bits per heavy atom. The van der Waals surface area contributed by atoms with Crippen molar-refractivity contribution in [1.29, 1.82) is 5.26 Å². The van der Waals surface area contributed by atoms with Gasteiger partial charge in [0.25, 0.3) is 0 Å². The van der Waals surface area contributed by atoms with E-state index < -0.39 is 0 Å². The van der Waals surface area contributed by atoms with Gasteiger partial charge >= 0.3 is 0 Å². The van der Waals surface area contributed by atoms with Gasteiger partial charge in [0.05, 0.1) is 0 Å². The number of amidine groups is 1. The molecule has 13 heavy (non-hydrogen) atoms. The molecule has 4 heteroatoms. The zero-order chi connectivity index (χ0) is 9.68. The minimum absolute atomic E-state index is 0.669. The van der Waals surface area contributed by atoms with Gasteiger partial charge in [0, 0.05) is 6.54 Å². The highest BCUT2D eigenvalue weighted by Crippen LogP contribution is 2.36.